The van der Waals surface area contributed by atoms with Gasteiger partial charge in [0.05, 0.1) is 11.1 Å². The molecule has 20 heavy (non-hydrogen) atoms. The second-order valence-corrected chi connectivity index (χ2v) is 6.15. The number of hydrogen-bond acceptors (Lipinski definition) is 4. The predicted octanol–water partition coefficient (Wildman–Crippen LogP) is 0.928. The lowest BCUT2D eigenvalue weighted by Crippen LogP contribution is -2.24. The van der Waals surface area contributed by atoms with Crippen LogP contribution in [0, 0.1) is 12.7 Å². The van der Waals surface area contributed by atoms with Gasteiger partial charge in [-0.15, -0.1) is 0 Å². The number of halogens is 1. The summed E-state index contributed by atoms with van der Waals surface area (Å²) in [7, 11) is -2.06. The highest BCUT2D eigenvalue weighted by atomic mass is 32.2. The van der Waals surface area contributed by atoms with Crippen molar-refractivity contribution in [3.63, 3.8) is 0 Å². The summed E-state index contributed by atoms with van der Waals surface area (Å²) >= 11 is 0. The van der Waals surface area contributed by atoms with E-state index in [9.17, 15) is 12.8 Å². The zero-order valence-corrected chi connectivity index (χ0v) is 11.9. The number of nitrogens with two attached hydrogens (primary N) is 1. The predicted molar refractivity (Wildman–Crippen MR) is 72.8 cm³/mol. The normalized spacial score (nSPS) is 11.8. The Morgan fingerprint density at radius 1 is 1.45 bits per heavy atom. The second-order valence-electron chi connectivity index (χ2n) is 4.41. The third-order valence-electron chi connectivity index (χ3n) is 2.94. The van der Waals surface area contributed by atoms with Crippen LogP contribution >= 0.6 is 0 Å². The topological polar surface area (TPSA) is 90.0 Å². The Labute approximate surface area is 116 Å². The quantitative estimate of drug-likeness (QED) is 0.878. The largest absolute Gasteiger partial charge is 0.384 e. The Bertz CT molecular complexity index is 740. The van der Waals surface area contributed by atoms with Gasteiger partial charge >= 0.3 is 0 Å². The fourth-order valence-electron chi connectivity index (χ4n) is 1.79. The van der Waals surface area contributed by atoms with E-state index >= 15 is 0 Å². The number of anilines is 1. The molecule has 0 amide bonds. The lowest BCUT2D eigenvalue weighted by molar-refractivity contribution is 0.579. The molecule has 0 unspecified atom stereocenters. The van der Waals surface area contributed by atoms with Crippen molar-refractivity contribution in [1.82, 2.24) is 14.5 Å². The summed E-state index contributed by atoms with van der Waals surface area (Å²) in [5, 5.41) is 3.93. The number of hydrogen-bond donors (Lipinski definition) is 2. The molecule has 0 saturated carbocycles. The van der Waals surface area contributed by atoms with Crippen molar-refractivity contribution in [1.29, 1.82) is 0 Å². The van der Waals surface area contributed by atoms with Crippen molar-refractivity contribution in [2.24, 2.45) is 7.05 Å². The number of aryl methyl sites for hydroxylation is 2. The van der Waals surface area contributed by atoms with Crippen molar-refractivity contribution >= 4 is 15.8 Å². The second kappa shape index (κ2) is 5.22. The fourth-order valence-corrected chi connectivity index (χ4v) is 3.02. The van der Waals surface area contributed by atoms with Crippen LogP contribution in [0.5, 0.6) is 0 Å². The smallest absolute Gasteiger partial charge is 0.241 e. The molecule has 1 heterocycles. The molecule has 1 aromatic carbocycles. The summed E-state index contributed by atoms with van der Waals surface area (Å²) in [5.74, 6) is -0.0820. The minimum Gasteiger partial charge on any atom is -0.384 e. The van der Waals surface area contributed by atoms with E-state index in [1.807, 2.05) is 0 Å². The Kier molecular flexibility index (Phi) is 3.78. The number of aromatic nitrogens is 2. The summed E-state index contributed by atoms with van der Waals surface area (Å²) in [6, 6.07) is 3.52. The summed E-state index contributed by atoms with van der Waals surface area (Å²) in [6.07, 6.45) is 1.50. The maximum absolute atomic E-state index is 13.0. The zero-order valence-electron chi connectivity index (χ0n) is 11.1. The highest BCUT2D eigenvalue weighted by molar-refractivity contribution is 7.89. The number of sulfonamides is 1. The molecular formula is C12H15FN4O2S. The van der Waals surface area contributed by atoms with Crippen LogP contribution in [0.15, 0.2) is 29.3 Å². The van der Waals surface area contributed by atoms with E-state index < -0.39 is 15.8 Å². The molecule has 0 aliphatic carbocycles. The first-order valence-electron chi connectivity index (χ1n) is 5.83. The summed E-state index contributed by atoms with van der Waals surface area (Å²) in [6.45, 7) is 1.56. The van der Waals surface area contributed by atoms with Gasteiger partial charge in [0.2, 0.25) is 10.0 Å². The Balaban J connectivity index is 2.21. The third kappa shape index (κ3) is 2.81. The van der Waals surface area contributed by atoms with Gasteiger partial charge in [-0.25, -0.2) is 17.5 Å². The lowest BCUT2D eigenvalue weighted by Gasteiger charge is -2.09. The summed E-state index contributed by atoms with van der Waals surface area (Å²) in [5.41, 5.74) is 6.66. The van der Waals surface area contributed by atoms with E-state index in [0.717, 1.165) is 6.07 Å². The standard InChI is InChI=1S/C12H15FN4O2S/c1-8-5-10(13)3-4-11(8)20(18,19)16-7-9-6-15-17(2)12(9)14/h3-6,16H,7,14H2,1-2H3. The van der Waals surface area contributed by atoms with Crippen molar-refractivity contribution in [3.05, 3.63) is 41.3 Å². The van der Waals surface area contributed by atoms with Crippen molar-refractivity contribution in [2.45, 2.75) is 18.4 Å². The first kappa shape index (κ1) is 14.5. The number of nitrogens with one attached hydrogen (secondary N) is 1. The highest BCUT2D eigenvalue weighted by Gasteiger charge is 2.18. The minimum absolute atomic E-state index is 0.0266. The summed E-state index contributed by atoms with van der Waals surface area (Å²) < 4.78 is 41.2. The molecule has 6 nitrogen and oxygen atoms in total. The van der Waals surface area contributed by atoms with Gasteiger partial charge < -0.3 is 5.73 Å². The zero-order chi connectivity index (χ0) is 14.9. The van der Waals surface area contributed by atoms with Crippen LogP contribution in [0.3, 0.4) is 0 Å². The molecule has 0 saturated heterocycles. The number of nitrogen functional groups attached to an aromatic ring is 1. The molecule has 0 atom stereocenters. The van der Waals surface area contributed by atoms with Crippen LogP contribution in [0.4, 0.5) is 10.2 Å². The minimum atomic E-state index is -3.72. The molecule has 0 spiro atoms. The van der Waals surface area contributed by atoms with Gasteiger partial charge in [0.15, 0.2) is 0 Å². The van der Waals surface area contributed by atoms with Gasteiger partial charge in [0.1, 0.15) is 11.6 Å². The average Bonchev–Trinajstić information content (AvgIpc) is 2.67. The molecule has 8 heteroatoms. The molecule has 0 aliphatic rings. The Morgan fingerprint density at radius 2 is 2.15 bits per heavy atom. The van der Waals surface area contributed by atoms with Crippen LogP contribution in [0.1, 0.15) is 11.1 Å². The molecule has 1 aromatic heterocycles. The SMILES string of the molecule is Cc1cc(F)ccc1S(=O)(=O)NCc1cnn(C)c1N. The van der Waals surface area contributed by atoms with E-state index in [-0.39, 0.29) is 11.4 Å². The van der Waals surface area contributed by atoms with Crippen LogP contribution in [0.2, 0.25) is 0 Å². The van der Waals surface area contributed by atoms with Gasteiger partial charge in [0, 0.05) is 19.2 Å². The molecular weight excluding hydrogens is 283 g/mol. The number of rotatable bonds is 4. The van der Waals surface area contributed by atoms with E-state index in [2.05, 4.69) is 9.82 Å². The van der Waals surface area contributed by atoms with Gasteiger partial charge in [-0.2, -0.15) is 5.10 Å². The van der Waals surface area contributed by atoms with Crippen LogP contribution in [-0.2, 0) is 23.6 Å². The number of nitrogens with zero attached hydrogens (tertiary/aromatic N) is 2. The molecule has 0 radical (unpaired) electrons. The maximum atomic E-state index is 13.0. The highest BCUT2D eigenvalue weighted by Crippen LogP contribution is 2.17. The van der Waals surface area contributed by atoms with Gasteiger partial charge in [-0.3, -0.25) is 4.68 Å². The molecule has 0 aliphatic heterocycles. The van der Waals surface area contributed by atoms with Crippen LogP contribution in [0.25, 0.3) is 0 Å². The molecule has 2 aromatic rings. The monoisotopic (exact) mass is 298 g/mol. The number of benzene rings is 1. The first-order chi connectivity index (χ1) is 9.31. The van der Waals surface area contributed by atoms with E-state index in [0.29, 0.717) is 16.9 Å². The fraction of sp³-hybridized carbons (Fsp3) is 0.250. The van der Waals surface area contributed by atoms with Crippen LogP contribution < -0.4 is 10.5 Å². The first-order valence-corrected chi connectivity index (χ1v) is 7.32. The van der Waals surface area contributed by atoms with Crippen molar-refractivity contribution in [2.75, 3.05) is 5.73 Å². The van der Waals surface area contributed by atoms with E-state index in [1.54, 1.807) is 7.05 Å². The Morgan fingerprint density at radius 3 is 2.70 bits per heavy atom. The molecule has 0 bridgehead atoms. The van der Waals surface area contributed by atoms with Gasteiger partial charge in [-0.05, 0) is 30.7 Å². The maximum Gasteiger partial charge on any atom is 0.241 e. The van der Waals surface area contributed by atoms with E-state index in [1.165, 1.54) is 29.9 Å². The molecule has 108 valence electrons. The average molecular weight is 298 g/mol. The molecule has 3 N–H and O–H groups in total. The lowest BCUT2D eigenvalue weighted by atomic mass is 10.2. The summed E-state index contributed by atoms with van der Waals surface area (Å²) in [4.78, 5) is 0.0429. The Hall–Kier alpha value is -1.93. The van der Waals surface area contributed by atoms with Crippen LogP contribution in [-0.4, -0.2) is 18.2 Å². The van der Waals surface area contributed by atoms with Gasteiger partial charge in [0.25, 0.3) is 0 Å². The molecule has 0 fully saturated rings. The van der Waals surface area contributed by atoms with Crippen molar-refractivity contribution in [3.8, 4) is 0 Å². The third-order valence-corrected chi connectivity index (χ3v) is 4.51. The van der Waals surface area contributed by atoms with Crippen molar-refractivity contribution < 1.29 is 12.8 Å². The van der Waals surface area contributed by atoms with Gasteiger partial charge in [-0.1, -0.05) is 0 Å². The van der Waals surface area contributed by atoms with E-state index in [4.69, 9.17) is 5.73 Å². The molecule has 2 rings (SSSR count).